The Hall–Kier alpha value is -1.82. The number of nitrogens with zero attached hydrogens (tertiary/aromatic N) is 1. The van der Waals surface area contributed by atoms with E-state index in [4.69, 9.17) is 17.3 Å². The molecule has 4 N–H and O–H groups in total. The summed E-state index contributed by atoms with van der Waals surface area (Å²) in [6.07, 6.45) is 1.30. The fourth-order valence-corrected chi connectivity index (χ4v) is 1.54. The normalized spacial score (nSPS) is 12.1. The smallest absolute Gasteiger partial charge is 0.254 e. The van der Waals surface area contributed by atoms with E-state index in [1.165, 1.54) is 12.3 Å². The van der Waals surface area contributed by atoms with Crippen LogP contribution in [0.4, 0.5) is 5.69 Å². The van der Waals surface area contributed by atoms with Crippen molar-refractivity contribution in [1.29, 1.82) is 0 Å². The number of halogens is 1. The maximum Gasteiger partial charge on any atom is 0.254 e. The molecule has 0 aliphatic heterocycles. The van der Waals surface area contributed by atoms with Gasteiger partial charge < -0.3 is 16.4 Å². The van der Waals surface area contributed by atoms with Gasteiger partial charge in [-0.05, 0) is 26.8 Å². The Morgan fingerprint density at radius 1 is 1.32 bits per heavy atom. The van der Waals surface area contributed by atoms with Crippen LogP contribution in [0.3, 0.4) is 0 Å². The van der Waals surface area contributed by atoms with Crippen LogP contribution in [-0.2, 0) is 4.79 Å². The molecule has 1 aromatic heterocycles. The van der Waals surface area contributed by atoms with E-state index in [9.17, 15) is 9.59 Å². The first-order valence-electron chi connectivity index (χ1n) is 5.83. The number of carbonyl (C=O) groups excluding carboxylic acids is 2. The van der Waals surface area contributed by atoms with Gasteiger partial charge in [0.05, 0.1) is 17.4 Å². The third kappa shape index (κ3) is 4.40. The average molecular weight is 285 g/mol. The van der Waals surface area contributed by atoms with Crippen LogP contribution in [0, 0.1) is 0 Å². The minimum Gasteiger partial charge on any atom is -0.397 e. The number of nitrogens with one attached hydrogen (secondary N) is 2. The number of hydrogen-bond acceptors (Lipinski definition) is 4. The predicted octanol–water partition coefficient (Wildman–Crippen LogP) is 0.960. The van der Waals surface area contributed by atoms with Gasteiger partial charge in [-0.2, -0.15) is 0 Å². The number of nitrogens with two attached hydrogens (primary N) is 1. The summed E-state index contributed by atoms with van der Waals surface area (Å²) < 4.78 is 0. The van der Waals surface area contributed by atoms with Crippen LogP contribution in [0.25, 0.3) is 0 Å². The van der Waals surface area contributed by atoms with Crippen molar-refractivity contribution in [1.82, 2.24) is 15.6 Å². The Labute approximate surface area is 116 Å². The molecule has 0 aromatic carbocycles. The van der Waals surface area contributed by atoms with Gasteiger partial charge in [-0.25, -0.2) is 4.98 Å². The number of rotatable bonds is 4. The highest BCUT2D eigenvalue weighted by Gasteiger charge is 2.18. The molecule has 1 aromatic rings. The highest BCUT2D eigenvalue weighted by atomic mass is 35.5. The van der Waals surface area contributed by atoms with Gasteiger partial charge in [-0.3, -0.25) is 9.59 Å². The van der Waals surface area contributed by atoms with Crippen molar-refractivity contribution in [3.8, 4) is 0 Å². The Morgan fingerprint density at radius 3 is 2.53 bits per heavy atom. The Morgan fingerprint density at radius 2 is 1.95 bits per heavy atom. The van der Waals surface area contributed by atoms with Crippen molar-refractivity contribution >= 4 is 29.1 Å². The number of aromatic nitrogens is 1. The Kier molecular flexibility index (Phi) is 5.11. The minimum absolute atomic E-state index is 0.00675. The summed E-state index contributed by atoms with van der Waals surface area (Å²) >= 11 is 5.70. The van der Waals surface area contributed by atoms with E-state index in [2.05, 4.69) is 15.6 Å². The molecule has 0 saturated carbocycles. The fourth-order valence-electron chi connectivity index (χ4n) is 1.39. The van der Waals surface area contributed by atoms with Gasteiger partial charge in [0.25, 0.3) is 5.91 Å². The lowest BCUT2D eigenvalue weighted by atomic mass is 10.2. The molecule has 7 heteroatoms. The van der Waals surface area contributed by atoms with Crippen molar-refractivity contribution in [3.63, 3.8) is 0 Å². The number of pyridine rings is 1. The molecule has 0 bridgehead atoms. The molecule has 1 atom stereocenters. The van der Waals surface area contributed by atoms with Crippen molar-refractivity contribution < 1.29 is 9.59 Å². The standard InChI is InChI=1S/C12H17ClN4O2/c1-6(2)16-11(18)7(3)17-12(19)8-4-10(13)15-5-9(8)14/h4-7H,14H2,1-3H3,(H,16,18)(H,17,19). The molecule has 0 radical (unpaired) electrons. The highest BCUT2D eigenvalue weighted by Crippen LogP contribution is 2.14. The van der Waals surface area contributed by atoms with Crippen molar-refractivity contribution in [2.75, 3.05) is 5.73 Å². The van der Waals surface area contributed by atoms with Gasteiger partial charge in [0.1, 0.15) is 11.2 Å². The van der Waals surface area contributed by atoms with E-state index < -0.39 is 11.9 Å². The van der Waals surface area contributed by atoms with E-state index in [-0.39, 0.29) is 28.4 Å². The maximum absolute atomic E-state index is 12.0. The summed E-state index contributed by atoms with van der Waals surface area (Å²) in [5, 5.41) is 5.42. The molecule has 1 rings (SSSR count). The lowest BCUT2D eigenvalue weighted by molar-refractivity contribution is -0.123. The van der Waals surface area contributed by atoms with Crippen LogP contribution < -0.4 is 16.4 Å². The lowest BCUT2D eigenvalue weighted by Gasteiger charge is -2.16. The summed E-state index contributed by atoms with van der Waals surface area (Å²) in [7, 11) is 0. The zero-order valence-corrected chi connectivity index (χ0v) is 11.8. The average Bonchev–Trinajstić information content (AvgIpc) is 2.31. The first-order valence-corrected chi connectivity index (χ1v) is 6.21. The first-order chi connectivity index (χ1) is 8.81. The predicted molar refractivity (Wildman–Crippen MR) is 73.9 cm³/mol. The molecule has 1 unspecified atom stereocenters. The van der Waals surface area contributed by atoms with E-state index in [0.717, 1.165) is 0 Å². The van der Waals surface area contributed by atoms with Crippen molar-refractivity contribution in [3.05, 3.63) is 23.0 Å². The van der Waals surface area contributed by atoms with Crippen LogP contribution in [-0.4, -0.2) is 28.9 Å². The van der Waals surface area contributed by atoms with Gasteiger partial charge in [0.2, 0.25) is 5.91 Å². The Bertz CT molecular complexity index is 491. The number of hydrogen-bond donors (Lipinski definition) is 3. The number of carbonyl (C=O) groups is 2. The molecule has 2 amide bonds. The summed E-state index contributed by atoms with van der Waals surface area (Å²) in [5.41, 5.74) is 6.05. The van der Waals surface area contributed by atoms with E-state index in [1.807, 2.05) is 13.8 Å². The molecule has 19 heavy (non-hydrogen) atoms. The van der Waals surface area contributed by atoms with E-state index in [0.29, 0.717) is 0 Å². The van der Waals surface area contributed by atoms with Gasteiger partial charge in [-0.15, -0.1) is 0 Å². The van der Waals surface area contributed by atoms with Gasteiger partial charge in [0.15, 0.2) is 0 Å². The van der Waals surface area contributed by atoms with Crippen LogP contribution in [0.2, 0.25) is 5.15 Å². The van der Waals surface area contributed by atoms with Crippen LogP contribution in [0.5, 0.6) is 0 Å². The molecule has 0 fully saturated rings. The number of amides is 2. The molecule has 6 nitrogen and oxygen atoms in total. The molecule has 1 heterocycles. The highest BCUT2D eigenvalue weighted by molar-refractivity contribution is 6.29. The van der Waals surface area contributed by atoms with Crippen LogP contribution in [0.15, 0.2) is 12.3 Å². The van der Waals surface area contributed by atoms with E-state index in [1.54, 1.807) is 6.92 Å². The zero-order chi connectivity index (χ0) is 14.6. The Balaban J connectivity index is 2.74. The maximum atomic E-state index is 12.0. The monoisotopic (exact) mass is 284 g/mol. The van der Waals surface area contributed by atoms with Gasteiger partial charge in [0, 0.05) is 6.04 Å². The molecule has 0 aliphatic rings. The first kappa shape index (κ1) is 15.2. The fraction of sp³-hybridized carbons (Fsp3) is 0.417. The molecule has 104 valence electrons. The second-order valence-corrected chi connectivity index (χ2v) is 4.84. The SMILES string of the molecule is CC(C)NC(=O)C(C)NC(=O)c1cc(Cl)ncc1N. The minimum atomic E-state index is -0.666. The lowest BCUT2D eigenvalue weighted by Crippen LogP contribution is -2.46. The summed E-state index contributed by atoms with van der Waals surface area (Å²) in [6.45, 7) is 5.27. The zero-order valence-electron chi connectivity index (χ0n) is 11.0. The van der Waals surface area contributed by atoms with Crippen molar-refractivity contribution in [2.24, 2.45) is 0 Å². The topological polar surface area (TPSA) is 97.1 Å². The van der Waals surface area contributed by atoms with E-state index >= 15 is 0 Å². The molecular formula is C12H17ClN4O2. The van der Waals surface area contributed by atoms with Gasteiger partial charge in [-0.1, -0.05) is 11.6 Å². The summed E-state index contributed by atoms with van der Waals surface area (Å²) in [6, 6.07) is 0.702. The number of anilines is 1. The third-order valence-electron chi connectivity index (χ3n) is 2.32. The molecule has 0 spiro atoms. The van der Waals surface area contributed by atoms with Crippen molar-refractivity contribution in [2.45, 2.75) is 32.9 Å². The van der Waals surface area contributed by atoms with Gasteiger partial charge >= 0.3 is 0 Å². The second kappa shape index (κ2) is 6.38. The molecule has 0 saturated heterocycles. The third-order valence-corrected chi connectivity index (χ3v) is 2.52. The van der Waals surface area contributed by atoms with Crippen LogP contribution >= 0.6 is 11.6 Å². The quantitative estimate of drug-likeness (QED) is 0.717. The number of nitrogen functional groups attached to an aromatic ring is 1. The summed E-state index contributed by atoms with van der Waals surface area (Å²) in [4.78, 5) is 27.4. The van der Waals surface area contributed by atoms with Crippen LogP contribution in [0.1, 0.15) is 31.1 Å². The largest absolute Gasteiger partial charge is 0.397 e. The summed E-state index contributed by atoms with van der Waals surface area (Å²) in [5.74, 6) is -0.727. The molecular weight excluding hydrogens is 268 g/mol. The second-order valence-electron chi connectivity index (χ2n) is 4.45. The molecule has 0 aliphatic carbocycles.